The molecule has 15 heavy (non-hydrogen) atoms. The normalized spacial score (nSPS) is 15.3. The summed E-state index contributed by atoms with van der Waals surface area (Å²) in [6, 6.07) is 2.95. The smallest absolute Gasteiger partial charge is 0.338 e. The van der Waals surface area contributed by atoms with Gasteiger partial charge in [-0.25, -0.2) is 13.6 Å². The summed E-state index contributed by atoms with van der Waals surface area (Å²) in [6.45, 7) is 0. The summed E-state index contributed by atoms with van der Waals surface area (Å²) in [5.74, 6) is -2.05. The highest BCUT2D eigenvalue weighted by atomic mass is 19.1. The molecule has 0 heterocycles. The van der Waals surface area contributed by atoms with Crippen molar-refractivity contribution >= 4 is 5.97 Å². The summed E-state index contributed by atoms with van der Waals surface area (Å²) in [4.78, 5) is 10.3. The van der Waals surface area contributed by atoms with Crippen LogP contribution in [-0.4, -0.2) is 17.2 Å². The topological polar surface area (TPSA) is 37.3 Å². The van der Waals surface area contributed by atoms with Crippen LogP contribution >= 0.6 is 0 Å². The molecule has 1 N–H and O–H groups in total. The lowest BCUT2D eigenvalue weighted by molar-refractivity contribution is -0.142. The van der Waals surface area contributed by atoms with E-state index in [1.54, 1.807) is 6.07 Å². The van der Waals surface area contributed by atoms with E-state index in [0.29, 0.717) is 0 Å². The molecule has 1 atom stereocenters. The molecule has 2 rings (SSSR count). The van der Waals surface area contributed by atoms with Crippen LogP contribution < -0.4 is 0 Å². The van der Waals surface area contributed by atoms with Gasteiger partial charge in [-0.05, 0) is 35.6 Å². The Bertz CT molecular complexity index is 415. The first-order valence-electron chi connectivity index (χ1n) is 4.75. The van der Waals surface area contributed by atoms with Crippen LogP contribution in [-0.2, 0) is 24.1 Å². The van der Waals surface area contributed by atoms with Gasteiger partial charge in [0.05, 0.1) is 0 Å². The van der Waals surface area contributed by atoms with E-state index in [2.05, 4.69) is 0 Å². The summed E-state index contributed by atoms with van der Waals surface area (Å²) < 4.78 is 26.2. The lowest BCUT2D eigenvalue weighted by Gasteiger charge is -2.20. The van der Waals surface area contributed by atoms with Gasteiger partial charge in [-0.3, -0.25) is 0 Å². The molecule has 4 heteroatoms. The Balaban J connectivity index is 2.21. The molecule has 0 amide bonds. The van der Waals surface area contributed by atoms with Crippen LogP contribution in [0.15, 0.2) is 12.1 Å². The molecule has 1 aromatic rings. The molecule has 0 fully saturated rings. The second-order valence-electron chi connectivity index (χ2n) is 3.72. The van der Waals surface area contributed by atoms with Crippen LogP contribution in [0.4, 0.5) is 8.78 Å². The minimum absolute atomic E-state index is 0.156. The molecule has 0 saturated carbocycles. The second-order valence-corrected chi connectivity index (χ2v) is 3.72. The van der Waals surface area contributed by atoms with Gasteiger partial charge in [0.15, 0.2) is 0 Å². The lowest BCUT2D eigenvalue weighted by Crippen LogP contribution is -2.19. The van der Waals surface area contributed by atoms with E-state index in [1.807, 2.05) is 0 Å². The van der Waals surface area contributed by atoms with Crippen LogP contribution in [0.1, 0.15) is 16.7 Å². The predicted octanol–water partition coefficient (Wildman–Crippen LogP) is 1.89. The van der Waals surface area contributed by atoms with Gasteiger partial charge in [0, 0.05) is 6.42 Å². The third-order valence-electron chi connectivity index (χ3n) is 2.70. The van der Waals surface area contributed by atoms with Crippen LogP contribution in [0.25, 0.3) is 0 Å². The third kappa shape index (κ3) is 1.84. The first-order chi connectivity index (χ1) is 7.08. The average Bonchev–Trinajstić information content (AvgIpc) is 2.15. The van der Waals surface area contributed by atoms with E-state index in [1.165, 1.54) is 6.07 Å². The molecule has 80 valence electrons. The summed E-state index contributed by atoms with van der Waals surface area (Å²) in [7, 11) is 0. The van der Waals surface area contributed by atoms with Gasteiger partial charge in [0.2, 0.25) is 6.17 Å². The number of alkyl halides is 1. The summed E-state index contributed by atoms with van der Waals surface area (Å²) >= 11 is 0. The number of benzene rings is 1. The van der Waals surface area contributed by atoms with E-state index >= 15 is 0 Å². The number of carboxylic acids is 1. The SMILES string of the molecule is O=C(O)C(F)Cc1cc2c(cc1F)CC2. The van der Waals surface area contributed by atoms with Gasteiger partial charge in [0.1, 0.15) is 5.82 Å². The summed E-state index contributed by atoms with van der Waals surface area (Å²) in [5.41, 5.74) is 2.11. The van der Waals surface area contributed by atoms with Crippen molar-refractivity contribution in [2.24, 2.45) is 0 Å². The van der Waals surface area contributed by atoms with Gasteiger partial charge < -0.3 is 5.11 Å². The maximum Gasteiger partial charge on any atom is 0.338 e. The van der Waals surface area contributed by atoms with Crippen LogP contribution in [0.3, 0.4) is 0 Å². The number of aliphatic carboxylic acids is 1. The lowest BCUT2D eigenvalue weighted by atomic mass is 9.86. The number of fused-ring (bicyclic) bond motifs is 1. The van der Waals surface area contributed by atoms with Crippen molar-refractivity contribution in [1.29, 1.82) is 0 Å². The van der Waals surface area contributed by atoms with Crippen LogP contribution in [0, 0.1) is 5.82 Å². The number of hydrogen-bond acceptors (Lipinski definition) is 1. The first kappa shape index (κ1) is 10.1. The molecule has 1 aliphatic rings. The highest BCUT2D eigenvalue weighted by Crippen LogP contribution is 2.26. The van der Waals surface area contributed by atoms with Crippen molar-refractivity contribution in [1.82, 2.24) is 0 Å². The maximum absolute atomic E-state index is 13.3. The van der Waals surface area contributed by atoms with E-state index in [4.69, 9.17) is 5.11 Å². The van der Waals surface area contributed by atoms with Gasteiger partial charge in [0.25, 0.3) is 0 Å². The molecule has 0 radical (unpaired) electrons. The van der Waals surface area contributed by atoms with Crippen LogP contribution in [0.2, 0.25) is 0 Å². The Hall–Kier alpha value is -1.45. The van der Waals surface area contributed by atoms with E-state index in [0.717, 1.165) is 24.0 Å². The molecule has 0 bridgehead atoms. The summed E-state index contributed by atoms with van der Waals surface area (Å²) in [5, 5.41) is 8.37. The Kier molecular flexibility index (Phi) is 2.42. The molecule has 0 aromatic heterocycles. The molecular formula is C11H10F2O2. The standard InChI is InChI=1S/C11H10F2O2/c12-9-4-7-2-1-6(7)3-8(9)5-10(13)11(14)15/h3-4,10H,1-2,5H2,(H,14,15). The van der Waals surface area contributed by atoms with Crippen LogP contribution in [0.5, 0.6) is 0 Å². The van der Waals surface area contributed by atoms with E-state index < -0.39 is 24.4 Å². The zero-order valence-electron chi connectivity index (χ0n) is 7.96. The molecule has 0 saturated heterocycles. The zero-order chi connectivity index (χ0) is 11.0. The fourth-order valence-electron chi connectivity index (χ4n) is 1.71. The zero-order valence-corrected chi connectivity index (χ0v) is 7.96. The van der Waals surface area contributed by atoms with Gasteiger partial charge >= 0.3 is 5.97 Å². The third-order valence-corrected chi connectivity index (χ3v) is 2.70. The minimum Gasteiger partial charge on any atom is -0.479 e. The van der Waals surface area contributed by atoms with Crippen molar-refractivity contribution in [3.8, 4) is 0 Å². The van der Waals surface area contributed by atoms with Gasteiger partial charge in [-0.1, -0.05) is 6.07 Å². The maximum atomic E-state index is 13.3. The fraction of sp³-hybridized carbons (Fsp3) is 0.364. The number of rotatable bonds is 3. The molecule has 1 aliphatic carbocycles. The van der Waals surface area contributed by atoms with Crippen molar-refractivity contribution in [3.63, 3.8) is 0 Å². The monoisotopic (exact) mass is 212 g/mol. The Morgan fingerprint density at radius 1 is 1.40 bits per heavy atom. The molecular weight excluding hydrogens is 202 g/mol. The Morgan fingerprint density at radius 3 is 2.53 bits per heavy atom. The number of aryl methyl sites for hydroxylation is 2. The van der Waals surface area contributed by atoms with Crippen molar-refractivity contribution in [3.05, 3.63) is 34.6 Å². The minimum atomic E-state index is -2.03. The number of halogens is 2. The fourth-order valence-corrected chi connectivity index (χ4v) is 1.71. The quantitative estimate of drug-likeness (QED) is 0.830. The average molecular weight is 212 g/mol. The highest BCUT2D eigenvalue weighted by molar-refractivity contribution is 5.72. The largest absolute Gasteiger partial charge is 0.479 e. The molecule has 2 nitrogen and oxygen atoms in total. The number of carbonyl (C=O) groups is 1. The van der Waals surface area contributed by atoms with E-state index in [-0.39, 0.29) is 5.56 Å². The van der Waals surface area contributed by atoms with Crippen molar-refractivity contribution in [2.75, 3.05) is 0 Å². The Morgan fingerprint density at radius 2 is 2.00 bits per heavy atom. The van der Waals surface area contributed by atoms with Gasteiger partial charge in [-0.15, -0.1) is 0 Å². The molecule has 0 aliphatic heterocycles. The Labute approximate surface area is 85.5 Å². The van der Waals surface area contributed by atoms with Crippen molar-refractivity contribution < 1.29 is 18.7 Å². The van der Waals surface area contributed by atoms with Crippen molar-refractivity contribution in [2.45, 2.75) is 25.4 Å². The molecule has 0 spiro atoms. The number of hydrogen-bond donors (Lipinski definition) is 1. The molecule has 1 unspecified atom stereocenters. The van der Waals surface area contributed by atoms with Gasteiger partial charge in [-0.2, -0.15) is 0 Å². The summed E-state index contributed by atoms with van der Waals surface area (Å²) in [6.07, 6.45) is -0.705. The predicted molar refractivity (Wildman–Crippen MR) is 50.0 cm³/mol. The second kappa shape index (κ2) is 3.61. The number of carboxylic acid groups (broad SMARTS) is 1. The highest BCUT2D eigenvalue weighted by Gasteiger charge is 2.21. The molecule has 1 aromatic carbocycles. The first-order valence-corrected chi connectivity index (χ1v) is 4.75. The van der Waals surface area contributed by atoms with E-state index in [9.17, 15) is 13.6 Å².